The highest BCUT2D eigenvalue weighted by atomic mass is 35.5. The zero-order chi connectivity index (χ0) is 22.4. The summed E-state index contributed by atoms with van der Waals surface area (Å²) in [5.74, 6) is -3.14. The van der Waals surface area contributed by atoms with Gasteiger partial charge in [0, 0.05) is 17.1 Å². The summed E-state index contributed by atoms with van der Waals surface area (Å²) in [6, 6.07) is 4.93. The van der Waals surface area contributed by atoms with Gasteiger partial charge in [-0.05, 0) is 25.5 Å². The molecule has 0 bridgehead atoms. The van der Waals surface area contributed by atoms with Gasteiger partial charge in [0.15, 0.2) is 0 Å². The van der Waals surface area contributed by atoms with Crippen molar-refractivity contribution in [2.24, 2.45) is 0 Å². The Hall–Kier alpha value is -2.16. The number of thioether (sulfide) groups is 1. The zero-order valence-electron chi connectivity index (χ0n) is 16.6. The Morgan fingerprint density at radius 1 is 1.20 bits per heavy atom. The summed E-state index contributed by atoms with van der Waals surface area (Å²) < 4.78 is 10.2. The third kappa shape index (κ3) is 5.30. The number of methoxy groups -OCH3 is 1. The third-order valence-electron chi connectivity index (χ3n) is 4.31. The molecule has 7 nitrogen and oxygen atoms in total. The molecule has 30 heavy (non-hydrogen) atoms. The van der Waals surface area contributed by atoms with Gasteiger partial charge in [0.05, 0.1) is 46.6 Å². The van der Waals surface area contributed by atoms with Crippen LogP contribution in [0.15, 0.2) is 40.7 Å². The number of hydrogen-bond acceptors (Lipinski definition) is 7. The Bertz CT molecular complexity index is 928. The zero-order valence-corrected chi connectivity index (χ0v) is 18.9. The van der Waals surface area contributed by atoms with Crippen LogP contribution in [0.1, 0.15) is 25.3 Å². The lowest BCUT2D eigenvalue weighted by Crippen LogP contribution is -2.34. The summed E-state index contributed by atoms with van der Waals surface area (Å²) in [4.78, 5) is 36.5. The lowest BCUT2D eigenvalue weighted by atomic mass is 9.80. The van der Waals surface area contributed by atoms with Gasteiger partial charge in [-0.2, -0.15) is 0 Å². The van der Waals surface area contributed by atoms with Gasteiger partial charge < -0.3 is 19.9 Å². The molecule has 0 radical (unpaired) electrons. The second-order valence-corrected chi connectivity index (χ2v) is 8.00. The largest absolute Gasteiger partial charge is 0.481 e. The van der Waals surface area contributed by atoms with Crippen molar-refractivity contribution in [1.82, 2.24) is 5.32 Å². The normalized spacial score (nSPS) is 16.2. The second kappa shape index (κ2) is 10.7. The predicted octanol–water partition coefficient (Wildman–Crippen LogP) is 3.76. The van der Waals surface area contributed by atoms with Gasteiger partial charge in [0.25, 0.3) is 0 Å². The highest BCUT2D eigenvalue weighted by molar-refractivity contribution is 8.00. The molecule has 1 heterocycles. The Morgan fingerprint density at radius 2 is 1.90 bits per heavy atom. The molecule has 1 aromatic carbocycles. The molecule has 1 aromatic rings. The van der Waals surface area contributed by atoms with Crippen LogP contribution < -0.4 is 5.32 Å². The van der Waals surface area contributed by atoms with E-state index < -0.39 is 23.8 Å². The number of esters is 2. The van der Waals surface area contributed by atoms with Gasteiger partial charge >= 0.3 is 17.9 Å². The van der Waals surface area contributed by atoms with Crippen molar-refractivity contribution >= 4 is 52.9 Å². The Morgan fingerprint density at radius 3 is 2.50 bits per heavy atom. The molecule has 1 atom stereocenters. The van der Waals surface area contributed by atoms with Crippen LogP contribution in [0.25, 0.3) is 0 Å². The number of dihydropyridines is 1. The summed E-state index contributed by atoms with van der Waals surface area (Å²) in [5.41, 5.74) is 1.68. The minimum Gasteiger partial charge on any atom is -0.481 e. The molecule has 162 valence electrons. The number of ether oxygens (including phenoxy) is 2. The molecule has 0 saturated carbocycles. The first-order valence-corrected chi connectivity index (χ1v) is 10.8. The second-order valence-electron chi connectivity index (χ2n) is 6.23. The Labute approximate surface area is 188 Å². The number of carbonyl (C=O) groups is 3. The summed E-state index contributed by atoms with van der Waals surface area (Å²) in [6.07, 6.45) is 0. The van der Waals surface area contributed by atoms with Crippen molar-refractivity contribution in [1.29, 1.82) is 0 Å². The van der Waals surface area contributed by atoms with Gasteiger partial charge in [-0.1, -0.05) is 35.3 Å². The molecule has 0 aliphatic carbocycles. The van der Waals surface area contributed by atoms with Crippen LogP contribution in [-0.4, -0.2) is 48.2 Å². The number of carboxylic acid groups (broad SMARTS) is 1. The number of hydrogen-bond donors (Lipinski definition) is 2. The van der Waals surface area contributed by atoms with E-state index in [4.69, 9.17) is 37.8 Å². The molecule has 1 aliphatic rings. The Balaban J connectivity index is 2.71. The van der Waals surface area contributed by atoms with Gasteiger partial charge in [-0.15, -0.1) is 11.8 Å². The minimum absolute atomic E-state index is 0.115. The lowest BCUT2D eigenvalue weighted by molar-refractivity contribution is -0.139. The number of benzene rings is 1. The Kier molecular flexibility index (Phi) is 8.64. The van der Waals surface area contributed by atoms with Crippen molar-refractivity contribution < 1.29 is 29.0 Å². The number of allylic oxidation sites excluding steroid dienone is 1. The fraction of sp³-hybridized carbons (Fsp3) is 0.350. The first-order valence-electron chi connectivity index (χ1n) is 8.92. The van der Waals surface area contributed by atoms with E-state index in [1.54, 1.807) is 32.0 Å². The van der Waals surface area contributed by atoms with Crippen LogP contribution in [0.4, 0.5) is 0 Å². The number of carbonyl (C=O) groups excluding carboxylic acids is 2. The van der Waals surface area contributed by atoms with Crippen molar-refractivity contribution in [3.05, 3.63) is 56.3 Å². The van der Waals surface area contributed by atoms with E-state index in [2.05, 4.69) is 5.32 Å². The average Bonchev–Trinajstić information content (AvgIpc) is 2.69. The number of nitrogens with one attached hydrogen (secondary N) is 1. The quantitative estimate of drug-likeness (QED) is 0.550. The smallest absolute Gasteiger partial charge is 0.336 e. The first kappa shape index (κ1) is 24.1. The summed E-state index contributed by atoms with van der Waals surface area (Å²) >= 11 is 13.7. The minimum atomic E-state index is -0.981. The lowest BCUT2D eigenvalue weighted by Gasteiger charge is -2.31. The molecule has 0 aromatic heterocycles. The number of aliphatic carboxylic acids is 1. The van der Waals surface area contributed by atoms with Crippen molar-refractivity contribution in [3.63, 3.8) is 0 Å². The van der Waals surface area contributed by atoms with E-state index in [0.717, 1.165) is 11.8 Å². The summed E-state index contributed by atoms with van der Waals surface area (Å²) in [5, 5.41) is 12.5. The maximum atomic E-state index is 13.0. The van der Waals surface area contributed by atoms with Crippen LogP contribution in [0.2, 0.25) is 10.0 Å². The molecule has 0 saturated heterocycles. The molecule has 1 unspecified atom stereocenters. The van der Waals surface area contributed by atoms with Crippen molar-refractivity contribution in [3.8, 4) is 0 Å². The van der Waals surface area contributed by atoms with E-state index in [1.165, 1.54) is 7.11 Å². The predicted molar refractivity (Wildman–Crippen MR) is 116 cm³/mol. The maximum absolute atomic E-state index is 13.0. The van der Waals surface area contributed by atoms with Gasteiger partial charge in [-0.25, -0.2) is 9.59 Å². The van der Waals surface area contributed by atoms with E-state index in [-0.39, 0.29) is 39.3 Å². The number of halogens is 2. The molecular formula is C20H21Cl2NO6S. The van der Waals surface area contributed by atoms with E-state index in [9.17, 15) is 14.4 Å². The molecule has 2 N–H and O–H groups in total. The molecule has 1 aliphatic heterocycles. The highest BCUT2D eigenvalue weighted by Crippen LogP contribution is 2.43. The molecule has 0 amide bonds. The topological polar surface area (TPSA) is 102 Å². The molecule has 0 spiro atoms. The van der Waals surface area contributed by atoms with E-state index in [0.29, 0.717) is 17.0 Å². The molecule has 0 fully saturated rings. The van der Waals surface area contributed by atoms with Gasteiger partial charge in [0.1, 0.15) is 0 Å². The van der Waals surface area contributed by atoms with E-state index in [1.807, 2.05) is 0 Å². The SMILES string of the molecule is CCOC(=O)C1=C(CSCC(=O)O)NC(C)=C(C(=O)OC)C1c1cccc(Cl)c1Cl. The molecule has 10 heteroatoms. The van der Waals surface area contributed by atoms with Crippen LogP contribution in [0, 0.1) is 0 Å². The monoisotopic (exact) mass is 473 g/mol. The van der Waals surface area contributed by atoms with Gasteiger partial charge in [0.2, 0.25) is 0 Å². The molecular weight excluding hydrogens is 453 g/mol. The fourth-order valence-corrected chi connectivity index (χ4v) is 4.26. The maximum Gasteiger partial charge on any atom is 0.336 e. The number of rotatable bonds is 8. The van der Waals surface area contributed by atoms with Crippen LogP contribution in [0.3, 0.4) is 0 Å². The van der Waals surface area contributed by atoms with Gasteiger partial charge in [-0.3, -0.25) is 4.79 Å². The highest BCUT2D eigenvalue weighted by Gasteiger charge is 2.39. The van der Waals surface area contributed by atoms with Crippen molar-refractivity contribution in [2.75, 3.05) is 25.2 Å². The van der Waals surface area contributed by atoms with Crippen molar-refractivity contribution in [2.45, 2.75) is 19.8 Å². The standard InChI is InChI=1S/C20H21Cl2NO6S/c1-4-29-20(27)17-13(8-30-9-14(24)25)23-10(2)15(19(26)28-3)16(17)11-6-5-7-12(21)18(11)22/h5-7,16,23H,4,8-9H2,1-3H3,(H,24,25). The van der Waals surface area contributed by atoms with Crippen LogP contribution in [-0.2, 0) is 23.9 Å². The average molecular weight is 474 g/mol. The van der Waals surface area contributed by atoms with Crippen LogP contribution >= 0.6 is 35.0 Å². The summed E-state index contributed by atoms with van der Waals surface area (Å²) in [6.45, 7) is 3.45. The third-order valence-corrected chi connectivity index (χ3v) is 6.09. The van der Waals surface area contributed by atoms with Crippen LogP contribution in [0.5, 0.6) is 0 Å². The first-order chi connectivity index (χ1) is 14.2. The molecule has 2 rings (SSSR count). The van der Waals surface area contributed by atoms with E-state index >= 15 is 0 Å². The summed E-state index contributed by atoms with van der Waals surface area (Å²) in [7, 11) is 1.24. The number of carboxylic acids is 1. The fourth-order valence-electron chi connectivity index (χ4n) is 3.14.